The molecule has 1 atom stereocenters. The number of benzene rings is 1. The van der Waals surface area contributed by atoms with Gasteiger partial charge in [-0.15, -0.1) is 0 Å². The number of hydrogen-bond donors (Lipinski definition) is 1. The van der Waals surface area contributed by atoms with E-state index in [1.807, 2.05) is 6.07 Å². The molecule has 1 unspecified atom stereocenters. The highest BCUT2D eigenvalue weighted by atomic mass is 35.5. The summed E-state index contributed by atoms with van der Waals surface area (Å²) in [5.74, 6) is 1.08. The van der Waals surface area contributed by atoms with Gasteiger partial charge in [-0.1, -0.05) is 38.3 Å². The van der Waals surface area contributed by atoms with Gasteiger partial charge in [-0.25, -0.2) is 0 Å². The molecule has 1 aliphatic heterocycles. The largest absolute Gasteiger partial charge is 0.493 e. The third-order valence-electron chi connectivity index (χ3n) is 3.64. The minimum absolute atomic E-state index is 0.366. The summed E-state index contributed by atoms with van der Waals surface area (Å²) < 4.78 is 5.83. The van der Waals surface area contributed by atoms with Crippen LogP contribution in [0.1, 0.15) is 56.7 Å². The zero-order valence-corrected chi connectivity index (χ0v) is 12.7. The van der Waals surface area contributed by atoms with Gasteiger partial charge in [0.25, 0.3) is 0 Å². The summed E-state index contributed by atoms with van der Waals surface area (Å²) in [5.41, 5.74) is 2.52. The van der Waals surface area contributed by atoms with Crippen molar-refractivity contribution in [1.29, 1.82) is 0 Å². The second kappa shape index (κ2) is 7.16. The van der Waals surface area contributed by atoms with Gasteiger partial charge in [-0.3, -0.25) is 0 Å². The Bertz CT molecular complexity index is 411. The van der Waals surface area contributed by atoms with Gasteiger partial charge in [-0.05, 0) is 37.1 Å². The molecule has 2 rings (SSSR count). The Morgan fingerprint density at radius 2 is 2.16 bits per heavy atom. The third kappa shape index (κ3) is 3.64. The quantitative estimate of drug-likeness (QED) is 0.794. The smallest absolute Gasteiger partial charge is 0.127 e. The third-order valence-corrected chi connectivity index (χ3v) is 3.86. The van der Waals surface area contributed by atoms with E-state index in [2.05, 4.69) is 25.2 Å². The summed E-state index contributed by atoms with van der Waals surface area (Å²) in [4.78, 5) is 0. The van der Waals surface area contributed by atoms with Gasteiger partial charge in [0.2, 0.25) is 0 Å². The molecule has 0 spiro atoms. The Morgan fingerprint density at radius 1 is 1.32 bits per heavy atom. The molecule has 1 heterocycles. The minimum Gasteiger partial charge on any atom is -0.493 e. The van der Waals surface area contributed by atoms with Crippen molar-refractivity contribution < 1.29 is 4.74 Å². The standard InChI is InChI=1S/C16H24ClNO/c1-3-5-6-15(18-8-4-2)14-11-13(17)10-12-7-9-19-16(12)14/h10-11,15,18H,3-9H2,1-2H3. The molecule has 1 aromatic rings. The molecule has 0 fully saturated rings. The molecule has 2 nitrogen and oxygen atoms in total. The summed E-state index contributed by atoms with van der Waals surface area (Å²) in [6.45, 7) is 6.26. The van der Waals surface area contributed by atoms with E-state index in [1.165, 1.54) is 24.0 Å². The summed E-state index contributed by atoms with van der Waals surface area (Å²) in [7, 11) is 0. The van der Waals surface area contributed by atoms with Crippen LogP contribution in [0.5, 0.6) is 5.75 Å². The van der Waals surface area contributed by atoms with Crippen molar-refractivity contribution in [2.75, 3.05) is 13.2 Å². The van der Waals surface area contributed by atoms with Gasteiger partial charge in [0.05, 0.1) is 6.61 Å². The molecule has 19 heavy (non-hydrogen) atoms. The van der Waals surface area contributed by atoms with Crippen LogP contribution < -0.4 is 10.1 Å². The molecule has 0 aromatic heterocycles. The van der Waals surface area contributed by atoms with Gasteiger partial charge >= 0.3 is 0 Å². The lowest BCUT2D eigenvalue weighted by molar-refractivity contribution is 0.346. The van der Waals surface area contributed by atoms with E-state index in [4.69, 9.17) is 16.3 Å². The van der Waals surface area contributed by atoms with Gasteiger partial charge in [0.15, 0.2) is 0 Å². The van der Waals surface area contributed by atoms with E-state index in [1.54, 1.807) is 0 Å². The number of halogens is 1. The van der Waals surface area contributed by atoms with E-state index in [9.17, 15) is 0 Å². The predicted octanol–water partition coefficient (Wildman–Crippen LogP) is 4.51. The number of nitrogens with one attached hydrogen (secondary N) is 1. The lowest BCUT2D eigenvalue weighted by Gasteiger charge is -2.21. The van der Waals surface area contributed by atoms with Crippen LogP contribution in [-0.2, 0) is 6.42 Å². The monoisotopic (exact) mass is 281 g/mol. The van der Waals surface area contributed by atoms with E-state index in [0.29, 0.717) is 6.04 Å². The number of rotatable bonds is 7. The van der Waals surface area contributed by atoms with Crippen LogP contribution in [-0.4, -0.2) is 13.2 Å². The Morgan fingerprint density at radius 3 is 2.89 bits per heavy atom. The topological polar surface area (TPSA) is 21.3 Å². The van der Waals surface area contributed by atoms with E-state index >= 15 is 0 Å². The second-order valence-corrected chi connectivity index (χ2v) is 5.67. The minimum atomic E-state index is 0.366. The van der Waals surface area contributed by atoms with Crippen LogP contribution in [0.15, 0.2) is 12.1 Å². The molecular weight excluding hydrogens is 258 g/mol. The fraction of sp³-hybridized carbons (Fsp3) is 0.625. The molecule has 0 bridgehead atoms. The molecule has 106 valence electrons. The van der Waals surface area contributed by atoms with Crippen molar-refractivity contribution in [3.05, 3.63) is 28.3 Å². The first-order valence-corrected chi connectivity index (χ1v) is 7.82. The average molecular weight is 282 g/mol. The zero-order chi connectivity index (χ0) is 13.7. The van der Waals surface area contributed by atoms with Gasteiger partial charge in [0, 0.05) is 23.0 Å². The fourth-order valence-electron chi connectivity index (χ4n) is 2.65. The normalized spacial score (nSPS) is 15.1. The van der Waals surface area contributed by atoms with E-state index in [0.717, 1.165) is 43.2 Å². The van der Waals surface area contributed by atoms with Crippen LogP contribution in [0.4, 0.5) is 0 Å². The molecule has 0 saturated carbocycles. The van der Waals surface area contributed by atoms with Crippen LogP contribution in [0.25, 0.3) is 0 Å². The van der Waals surface area contributed by atoms with Crippen molar-refractivity contribution in [1.82, 2.24) is 5.32 Å². The molecule has 0 amide bonds. The van der Waals surface area contributed by atoms with Crippen LogP contribution in [0.3, 0.4) is 0 Å². The van der Waals surface area contributed by atoms with Crippen LogP contribution in [0, 0.1) is 0 Å². The molecule has 0 aliphatic carbocycles. The number of hydrogen-bond acceptors (Lipinski definition) is 2. The molecular formula is C16H24ClNO. The maximum Gasteiger partial charge on any atom is 0.127 e. The van der Waals surface area contributed by atoms with Crippen LogP contribution in [0.2, 0.25) is 5.02 Å². The lowest BCUT2D eigenvalue weighted by atomic mass is 9.97. The predicted molar refractivity (Wildman–Crippen MR) is 81.2 cm³/mol. The van der Waals surface area contributed by atoms with Crippen molar-refractivity contribution in [2.45, 2.75) is 52.0 Å². The fourth-order valence-corrected chi connectivity index (χ4v) is 2.90. The first kappa shape index (κ1) is 14.7. The van der Waals surface area contributed by atoms with Crippen molar-refractivity contribution in [2.24, 2.45) is 0 Å². The highest BCUT2D eigenvalue weighted by molar-refractivity contribution is 6.30. The van der Waals surface area contributed by atoms with Crippen molar-refractivity contribution in [3.63, 3.8) is 0 Å². The summed E-state index contributed by atoms with van der Waals surface area (Å²) in [6.07, 6.45) is 5.71. The van der Waals surface area contributed by atoms with Gasteiger partial charge < -0.3 is 10.1 Å². The maximum absolute atomic E-state index is 6.26. The lowest BCUT2D eigenvalue weighted by Crippen LogP contribution is -2.22. The Labute approximate surface area is 121 Å². The first-order chi connectivity index (χ1) is 9.26. The summed E-state index contributed by atoms with van der Waals surface area (Å²) in [5, 5.41) is 4.47. The molecule has 1 N–H and O–H groups in total. The molecule has 1 aromatic carbocycles. The Balaban J connectivity index is 2.24. The van der Waals surface area contributed by atoms with E-state index < -0.39 is 0 Å². The molecule has 0 radical (unpaired) electrons. The Hall–Kier alpha value is -0.730. The Kier molecular flexibility index (Phi) is 5.53. The SMILES string of the molecule is CCCCC(NCCC)c1cc(Cl)cc2c1OCC2. The second-order valence-electron chi connectivity index (χ2n) is 5.23. The average Bonchev–Trinajstić information content (AvgIpc) is 2.86. The highest BCUT2D eigenvalue weighted by Crippen LogP contribution is 2.37. The number of fused-ring (bicyclic) bond motifs is 1. The van der Waals surface area contributed by atoms with Crippen molar-refractivity contribution >= 4 is 11.6 Å². The summed E-state index contributed by atoms with van der Waals surface area (Å²) in [6, 6.07) is 4.49. The highest BCUT2D eigenvalue weighted by Gasteiger charge is 2.22. The van der Waals surface area contributed by atoms with Crippen molar-refractivity contribution in [3.8, 4) is 5.75 Å². The number of ether oxygens (including phenoxy) is 1. The molecule has 3 heteroatoms. The van der Waals surface area contributed by atoms with Gasteiger partial charge in [0.1, 0.15) is 5.75 Å². The molecule has 1 aliphatic rings. The van der Waals surface area contributed by atoms with Crippen LogP contribution >= 0.6 is 11.6 Å². The molecule has 0 saturated heterocycles. The van der Waals surface area contributed by atoms with Gasteiger partial charge in [-0.2, -0.15) is 0 Å². The van der Waals surface area contributed by atoms with E-state index in [-0.39, 0.29) is 0 Å². The first-order valence-electron chi connectivity index (χ1n) is 7.44. The summed E-state index contributed by atoms with van der Waals surface area (Å²) >= 11 is 6.26. The maximum atomic E-state index is 6.26. The number of unbranched alkanes of at least 4 members (excludes halogenated alkanes) is 1. The zero-order valence-electron chi connectivity index (χ0n) is 12.0.